The second kappa shape index (κ2) is 6.89. The zero-order chi connectivity index (χ0) is 10.5. The molecule has 2 heterocycles. The third-order valence-corrected chi connectivity index (χ3v) is 2.81. The van der Waals surface area contributed by atoms with Gasteiger partial charge in [0.15, 0.2) is 0 Å². The third-order valence-electron chi connectivity index (χ3n) is 2.81. The molecule has 1 aliphatic rings. The van der Waals surface area contributed by atoms with Crippen LogP contribution in [0.3, 0.4) is 0 Å². The highest BCUT2D eigenvalue weighted by molar-refractivity contribution is 5.85. The Morgan fingerprint density at radius 2 is 2.50 bits per heavy atom. The van der Waals surface area contributed by atoms with Gasteiger partial charge >= 0.3 is 0 Å². The number of hydrogen-bond acceptors (Lipinski definition) is 3. The molecule has 16 heavy (non-hydrogen) atoms. The van der Waals surface area contributed by atoms with Gasteiger partial charge in [-0.2, -0.15) is 5.10 Å². The fourth-order valence-electron chi connectivity index (χ4n) is 1.96. The molecule has 0 aliphatic carbocycles. The van der Waals surface area contributed by atoms with Gasteiger partial charge in [0.05, 0.1) is 11.8 Å². The smallest absolute Gasteiger partial charge is 0.0700 e. The van der Waals surface area contributed by atoms with Crippen molar-refractivity contribution in [3.8, 4) is 0 Å². The Balaban J connectivity index is 0.00000128. The van der Waals surface area contributed by atoms with E-state index in [0.29, 0.717) is 6.10 Å². The molecule has 1 aromatic heterocycles. The molecule has 5 heteroatoms. The Labute approximate surface area is 103 Å². The van der Waals surface area contributed by atoms with Crippen LogP contribution < -0.4 is 5.32 Å². The van der Waals surface area contributed by atoms with Crippen molar-refractivity contribution in [1.82, 2.24) is 15.1 Å². The number of halogens is 1. The minimum Gasteiger partial charge on any atom is -0.377 e. The molecular weight excluding hydrogens is 226 g/mol. The topological polar surface area (TPSA) is 39.1 Å². The SMILES string of the molecule is CCn1nccc1CNCC1CCCO1.Cl. The van der Waals surface area contributed by atoms with Crippen LogP contribution in [0.25, 0.3) is 0 Å². The van der Waals surface area contributed by atoms with Crippen molar-refractivity contribution in [3.05, 3.63) is 18.0 Å². The predicted molar refractivity (Wildman–Crippen MR) is 65.8 cm³/mol. The molecular formula is C11H20ClN3O. The predicted octanol–water partition coefficient (Wildman–Crippen LogP) is 1.59. The number of aromatic nitrogens is 2. The zero-order valence-corrected chi connectivity index (χ0v) is 10.5. The summed E-state index contributed by atoms with van der Waals surface area (Å²) in [5, 5.41) is 7.65. The minimum absolute atomic E-state index is 0. The van der Waals surface area contributed by atoms with Gasteiger partial charge in [0.1, 0.15) is 0 Å². The Kier molecular flexibility index (Phi) is 5.80. The van der Waals surface area contributed by atoms with Crippen LogP contribution in [-0.2, 0) is 17.8 Å². The summed E-state index contributed by atoms with van der Waals surface area (Å²) < 4.78 is 7.56. The van der Waals surface area contributed by atoms with Crippen LogP contribution in [0.2, 0.25) is 0 Å². The van der Waals surface area contributed by atoms with Crippen LogP contribution in [0, 0.1) is 0 Å². The van der Waals surface area contributed by atoms with E-state index in [4.69, 9.17) is 4.74 Å². The van der Waals surface area contributed by atoms with Crippen LogP contribution in [0.5, 0.6) is 0 Å². The van der Waals surface area contributed by atoms with Crippen molar-refractivity contribution < 1.29 is 4.74 Å². The van der Waals surface area contributed by atoms with Crippen LogP contribution in [-0.4, -0.2) is 29.0 Å². The molecule has 0 bridgehead atoms. The second-order valence-electron chi connectivity index (χ2n) is 3.90. The van der Waals surface area contributed by atoms with Crippen LogP contribution in [0.1, 0.15) is 25.5 Å². The number of hydrogen-bond donors (Lipinski definition) is 1. The molecule has 4 nitrogen and oxygen atoms in total. The molecule has 0 aromatic carbocycles. The maximum absolute atomic E-state index is 5.54. The van der Waals surface area contributed by atoms with Gasteiger partial charge in [0, 0.05) is 32.4 Å². The van der Waals surface area contributed by atoms with Crippen molar-refractivity contribution in [2.24, 2.45) is 0 Å². The third kappa shape index (κ3) is 3.47. The molecule has 0 spiro atoms. The first kappa shape index (κ1) is 13.5. The Morgan fingerprint density at radius 3 is 3.19 bits per heavy atom. The fourth-order valence-corrected chi connectivity index (χ4v) is 1.96. The van der Waals surface area contributed by atoms with E-state index in [9.17, 15) is 0 Å². The van der Waals surface area contributed by atoms with E-state index >= 15 is 0 Å². The Morgan fingerprint density at radius 1 is 1.62 bits per heavy atom. The van der Waals surface area contributed by atoms with Crippen molar-refractivity contribution in [2.75, 3.05) is 13.2 Å². The number of rotatable bonds is 5. The van der Waals surface area contributed by atoms with Gasteiger partial charge in [0.25, 0.3) is 0 Å². The van der Waals surface area contributed by atoms with Gasteiger partial charge in [-0.15, -0.1) is 12.4 Å². The molecule has 0 saturated carbocycles. The molecule has 1 unspecified atom stereocenters. The molecule has 1 fully saturated rings. The summed E-state index contributed by atoms with van der Waals surface area (Å²) in [5.74, 6) is 0. The Hall–Kier alpha value is -0.580. The highest BCUT2D eigenvalue weighted by Crippen LogP contribution is 2.10. The van der Waals surface area contributed by atoms with Gasteiger partial charge in [-0.3, -0.25) is 4.68 Å². The van der Waals surface area contributed by atoms with E-state index in [1.807, 2.05) is 10.9 Å². The summed E-state index contributed by atoms with van der Waals surface area (Å²) in [4.78, 5) is 0. The van der Waals surface area contributed by atoms with Crippen molar-refractivity contribution in [2.45, 2.75) is 39.0 Å². The van der Waals surface area contributed by atoms with E-state index < -0.39 is 0 Å². The van der Waals surface area contributed by atoms with Crippen LogP contribution in [0.4, 0.5) is 0 Å². The van der Waals surface area contributed by atoms with E-state index in [1.165, 1.54) is 18.5 Å². The van der Waals surface area contributed by atoms with Crippen molar-refractivity contribution in [3.63, 3.8) is 0 Å². The van der Waals surface area contributed by atoms with Gasteiger partial charge in [-0.25, -0.2) is 0 Å². The van der Waals surface area contributed by atoms with E-state index in [2.05, 4.69) is 23.4 Å². The monoisotopic (exact) mass is 245 g/mol. The van der Waals surface area contributed by atoms with Crippen molar-refractivity contribution >= 4 is 12.4 Å². The summed E-state index contributed by atoms with van der Waals surface area (Å²) in [6.45, 7) is 5.81. The average Bonchev–Trinajstić information content (AvgIpc) is 2.88. The Bertz CT molecular complexity index is 297. The molecule has 1 aliphatic heterocycles. The highest BCUT2D eigenvalue weighted by Gasteiger charge is 2.14. The molecule has 2 rings (SSSR count). The first-order chi connectivity index (χ1) is 7.40. The molecule has 92 valence electrons. The summed E-state index contributed by atoms with van der Waals surface area (Å²) in [5.41, 5.74) is 1.25. The summed E-state index contributed by atoms with van der Waals surface area (Å²) in [7, 11) is 0. The van der Waals surface area contributed by atoms with Gasteiger partial charge in [-0.1, -0.05) is 0 Å². The lowest BCUT2D eigenvalue weighted by Gasteiger charge is -2.11. The molecule has 1 aromatic rings. The number of ether oxygens (including phenoxy) is 1. The maximum Gasteiger partial charge on any atom is 0.0700 e. The number of nitrogens with one attached hydrogen (secondary N) is 1. The number of nitrogens with zero attached hydrogens (tertiary/aromatic N) is 2. The van der Waals surface area contributed by atoms with E-state index in [1.54, 1.807) is 0 Å². The van der Waals surface area contributed by atoms with Gasteiger partial charge in [-0.05, 0) is 25.8 Å². The summed E-state index contributed by atoms with van der Waals surface area (Å²) >= 11 is 0. The first-order valence-corrected chi connectivity index (χ1v) is 5.73. The van der Waals surface area contributed by atoms with Gasteiger partial charge < -0.3 is 10.1 Å². The molecule has 1 saturated heterocycles. The lowest BCUT2D eigenvalue weighted by Crippen LogP contribution is -2.26. The highest BCUT2D eigenvalue weighted by atomic mass is 35.5. The lowest BCUT2D eigenvalue weighted by molar-refractivity contribution is 0.110. The summed E-state index contributed by atoms with van der Waals surface area (Å²) in [6, 6.07) is 2.06. The average molecular weight is 246 g/mol. The van der Waals surface area contributed by atoms with Crippen LogP contribution >= 0.6 is 12.4 Å². The maximum atomic E-state index is 5.54. The summed E-state index contributed by atoms with van der Waals surface area (Å²) in [6.07, 6.45) is 4.68. The molecule has 0 amide bonds. The molecule has 1 atom stereocenters. The second-order valence-corrected chi connectivity index (χ2v) is 3.90. The van der Waals surface area contributed by atoms with E-state index in [0.717, 1.165) is 26.2 Å². The lowest BCUT2D eigenvalue weighted by atomic mass is 10.2. The fraction of sp³-hybridized carbons (Fsp3) is 0.727. The van der Waals surface area contributed by atoms with Gasteiger partial charge in [0.2, 0.25) is 0 Å². The van der Waals surface area contributed by atoms with Crippen molar-refractivity contribution in [1.29, 1.82) is 0 Å². The first-order valence-electron chi connectivity index (χ1n) is 5.73. The largest absolute Gasteiger partial charge is 0.377 e. The molecule has 1 N–H and O–H groups in total. The quantitative estimate of drug-likeness (QED) is 0.857. The van der Waals surface area contributed by atoms with E-state index in [-0.39, 0.29) is 12.4 Å². The standard InChI is InChI=1S/C11H19N3O.ClH/c1-2-14-10(5-6-13-14)8-12-9-11-4-3-7-15-11;/h5-6,11-12H,2-4,7-9H2,1H3;1H. The zero-order valence-electron chi connectivity index (χ0n) is 9.69. The molecule has 0 radical (unpaired) electrons. The normalized spacial score (nSPS) is 19.7. The minimum atomic E-state index is 0. The number of aryl methyl sites for hydroxylation is 1. The van der Waals surface area contributed by atoms with Crippen LogP contribution in [0.15, 0.2) is 12.3 Å².